The molecule has 1 saturated carbocycles. The molecule has 0 heterocycles. The average Bonchev–Trinajstić information content (AvgIpc) is 2.62. The van der Waals surface area contributed by atoms with Gasteiger partial charge in [0.15, 0.2) is 0 Å². The van der Waals surface area contributed by atoms with Gasteiger partial charge in [-0.05, 0) is 12.8 Å². The molecule has 2 N–H and O–H groups in total. The van der Waals surface area contributed by atoms with E-state index in [1.807, 2.05) is 0 Å². The molecule has 0 bridgehead atoms. The number of methoxy groups -OCH3 is 1. The highest BCUT2D eigenvalue weighted by Crippen LogP contribution is 2.36. The Labute approximate surface area is 80.5 Å². The first-order valence-electron chi connectivity index (χ1n) is 5.13. The summed E-state index contributed by atoms with van der Waals surface area (Å²) in [6, 6.07) is 0. The Balaban J connectivity index is 2.16. The first-order valence-corrected chi connectivity index (χ1v) is 5.13. The van der Waals surface area contributed by atoms with Crippen LogP contribution in [-0.4, -0.2) is 38.5 Å². The summed E-state index contributed by atoms with van der Waals surface area (Å²) in [6.07, 6.45) is 4.88. The zero-order valence-corrected chi connectivity index (χ0v) is 8.51. The molecule has 78 valence electrons. The van der Waals surface area contributed by atoms with Crippen molar-refractivity contribution in [3.05, 3.63) is 0 Å². The van der Waals surface area contributed by atoms with Crippen LogP contribution in [0.15, 0.2) is 0 Å². The molecule has 0 atom stereocenters. The quantitative estimate of drug-likeness (QED) is 0.604. The van der Waals surface area contributed by atoms with Crippen LogP contribution in [0.2, 0.25) is 0 Å². The van der Waals surface area contributed by atoms with Gasteiger partial charge in [0.2, 0.25) is 0 Å². The Hall–Kier alpha value is -0.120. The first kappa shape index (κ1) is 11.0. The molecule has 1 fully saturated rings. The second kappa shape index (κ2) is 5.58. The largest absolute Gasteiger partial charge is 0.396 e. The molecular formula is C10H21NO2. The van der Waals surface area contributed by atoms with Gasteiger partial charge >= 0.3 is 0 Å². The first-order chi connectivity index (χ1) is 6.33. The van der Waals surface area contributed by atoms with Crippen molar-refractivity contribution in [2.45, 2.75) is 25.7 Å². The lowest BCUT2D eigenvalue weighted by Gasteiger charge is -2.26. The summed E-state index contributed by atoms with van der Waals surface area (Å²) in [4.78, 5) is 0. The number of aliphatic hydroxyl groups is 1. The molecule has 13 heavy (non-hydrogen) atoms. The number of ether oxygens (including phenoxy) is 1. The van der Waals surface area contributed by atoms with Crippen molar-refractivity contribution in [1.29, 1.82) is 0 Å². The fourth-order valence-corrected chi connectivity index (χ4v) is 2.04. The highest BCUT2D eigenvalue weighted by atomic mass is 16.5. The number of hydrogen-bond donors (Lipinski definition) is 2. The summed E-state index contributed by atoms with van der Waals surface area (Å²) in [5.41, 5.74) is 0.174. The third-order valence-electron chi connectivity index (χ3n) is 2.98. The molecule has 1 aliphatic carbocycles. The van der Waals surface area contributed by atoms with E-state index in [9.17, 15) is 5.11 Å². The SMILES string of the molecule is COCCNCC1(CO)CCCC1. The van der Waals surface area contributed by atoms with Crippen LogP contribution in [0.5, 0.6) is 0 Å². The lowest BCUT2D eigenvalue weighted by Crippen LogP contribution is -2.36. The Morgan fingerprint density at radius 2 is 2.08 bits per heavy atom. The lowest BCUT2D eigenvalue weighted by atomic mass is 9.87. The van der Waals surface area contributed by atoms with Gasteiger partial charge in [0.1, 0.15) is 0 Å². The fourth-order valence-electron chi connectivity index (χ4n) is 2.04. The number of hydrogen-bond acceptors (Lipinski definition) is 3. The van der Waals surface area contributed by atoms with Crippen molar-refractivity contribution in [1.82, 2.24) is 5.32 Å². The summed E-state index contributed by atoms with van der Waals surface area (Å²) in [7, 11) is 1.71. The summed E-state index contributed by atoms with van der Waals surface area (Å²) in [5, 5.41) is 12.6. The zero-order chi connectivity index (χ0) is 9.57. The lowest BCUT2D eigenvalue weighted by molar-refractivity contribution is 0.123. The average molecular weight is 187 g/mol. The number of rotatable bonds is 6. The van der Waals surface area contributed by atoms with Crippen molar-refractivity contribution in [3.8, 4) is 0 Å². The van der Waals surface area contributed by atoms with Gasteiger partial charge in [0, 0.05) is 32.2 Å². The van der Waals surface area contributed by atoms with Crippen LogP contribution in [0.4, 0.5) is 0 Å². The van der Waals surface area contributed by atoms with Crippen LogP contribution in [-0.2, 0) is 4.74 Å². The van der Waals surface area contributed by atoms with Crippen LogP contribution in [0.25, 0.3) is 0 Å². The molecule has 0 unspecified atom stereocenters. The minimum atomic E-state index is 0.174. The smallest absolute Gasteiger partial charge is 0.0587 e. The Bertz CT molecular complexity index is 133. The van der Waals surface area contributed by atoms with E-state index >= 15 is 0 Å². The zero-order valence-electron chi connectivity index (χ0n) is 8.51. The Morgan fingerprint density at radius 3 is 2.62 bits per heavy atom. The molecule has 0 spiro atoms. The van der Waals surface area contributed by atoms with Crippen LogP contribution in [0.1, 0.15) is 25.7 Å². The molecule has 0 amide bonds. The monoisotopic (exact) mass is 187 g/mol. The molecule has 0 aromatic carbocycles. The Morgan fingerprint density at radius 1 is 1.38 bits per heavy atom. The Kier molecular flexibility index (Phi) is 4.70. The van der Waals surface area contributed by atoms with Gasteiger partial charge in [-0.1, -0.05) is 12.8 Å². The van der Waals surface area contributed by atoms with Crippen LogP contribution < -0.4 is 5.32 Å². The number of nitrogens with one attached hydrogen (secondary N) is 1. The second-order valence-corrected chi connectivity index (χ2v) is 4.03. The van der Waals surface area contributed by atoms with Crippen molar-refractivity contribution < 1.29 is 9.84 Å². The normalized spacial score (nSPS) is 20.8. The van der Waals surface area contributed by atoms with Gasteiger partial charge in [0.05, 0.1) is 6.61 Å². The molecule has 0 aliphatic heterocycles. The van der Waals surface area contributed by atoms with E-state index in [1.54, 1.807) is 7.11 Å². The highest BCUT2D eigenvalue weighted by molar-refractivity contribution is 4.85. The third kappa shape index (κ3) is 3.25. The van der Waals surface area contributed by atoms with Crippen LogP contribution >= 0.6 is 0 Å². The maximum absolute atomic E-state index is 9.30. The molecule has 0 radical (unpaired) electrons. The van der Waals surface area contributed by atoms with Crippen LogP contribution in [0.3, 0.4) is 0 Å². The van der Waals surface area contributed by atoms with Gasteiger partial charge < -0.3 is 15.2 Å². The summed E-state index contributed by atoms with van der Waals surface area (Å²) >= 11 is 0. The van der Waals surface area contributed by atoms with Gasteiger partial charge in [-0.3, -0.25) is 0 Å². The van der Waals surface area contributed by atoms with E-state index in [0.29, 0.717) is 6.61 Å². The maximum atomic E-state index is 9.30. The summed E-state index contributed by atoms with van der Waals surface area (Å²) in [6.45, 7) is 2.90. The van der Waals surface area contributed by atoms with Crippen LogP contribution in [0, 0.1) is 5.41 Å². The summed E-state index contributed by atoms with van der Waals surface area (Å²) in [5.74, 6) is 0. The third-order valence-corrected chi connectivity index (χ3v) is 2.98. The fraction of sp³-hybridized carbons (Fsp3) is 1.00. The molecule has 0 saturated heterocycles. The molecule has 3 nitrogen and oxygen atoms in total. The molecule has 1 aliphatic rings. The molecule has 0 aromatic heterocycles. The summed E-state index contributed by atoms with van der Waals surface area (Å²) < 4.78 is 4.95. The maximum Gasteiger partial charge on any atom is 0.0587 e. The minimum absolute atomic E-state index is 0.174. The van der Waals surface area contributed by atoms with E-state index in [1.165, 1.54) is 25.7 Å². The van der Waals surface area contributed by atoms with Gasteiger partial charge in [-0.2, -0.15) is 0 Å². The van der Waals surface area contributed by atoms with Gasteiger partial charge in [-0.15, -0.1) is 0 Å². The van der Waals surface area contributed by atoms with Gasteiger partial charge in [0.25, 0.3) is 0 Å². The predicted molar refractivity (Wildman–Crippen MR) is 52.7 cm³/mol. The predicted octanol–water partition coefficient (Wildman–Crippen LogP) is 0.775. The van der Waals surface area contributed by atoms with Crippen molar-refractivity contribution >= 4 is 0 Å². The van der Waals surface area contributed by atoms with Gasteiger partial charge in [-0.25, -0.2) is 0 Å². The highest BCUT2D eigenvalue weighted by Gasteiger charge is 2.32. The van der Waals surface area contributed by atoms with E-state index in [4.69, 9.17) is 4.74 Å². The topological polar surface area (TPSA) is 41.5 Å². The molecule has 0 aromatic rings. The van der Waals surface area contributed by atoms with Crippen molar-refractivity contribution in [2.75, 3.05) is 33.4 Å². The second-order valence-electron chi connectivity index (χ2n) is 4.03. The van der Waals surface area contributed by atoms with E-state index in [0.717, 1.165) is 19.7 Å². The molecule has 3 heteroatoms. The van der Waals surface area contributed by atoms with E-state index in [2.05, 4.69) is 5.32 Å². The van der Waals surface area contributed by atoms with Crippen molar-refractivity contribution in [3.63, 3.8) is 0 Å². The minimum Gasteiger partial charge on any atom is -0.396 e. The standard InChI is InChI=1S/C10H21NO2/c1-13-7-6-11-8-10(9-12)4-2-3-5-10/h11-12H,2-9H2,1H3. The molecule has 1 rings (SSSR count). The van der Waals surface area contributed by atoms with E-state index in [-0.39, 0.29) is 5.41 Å². The van der Waals surface area contributed by atoms with Crippen molar-refractivity contribution in [2.24, 2.45) is 5.41 Å². The van der Waals surface area contributed by atoms with E-state index < -0.39 is 0 Å². The molecular weight excluding hydrogens is 166 g/mol. The number of aliphatic hydroxyl groups excluding tert-OH is 1.